The molecule has 3 atom stereocenters. The highest BCUT2D eigenvalue weighted by atomic mass is 19.1. The van der Waals surface area contributed by atoms with Crippen molar-refractivity contribution in [3.63, 3.8) is 0 Å². The van der Waals surface area contributed by atoms with Crippen LogP contribution in [0.25, 0.3) is 0 Å². The average Bonchev–Trinajstić information content (AvgIpc) is 2.68. The van der Waals surface area contributed by atoms with Crippen molar-refractivity contribution in [3.05, 3.63) is 57.9 Å². The van der Waals surface area contributed by atoms with E-state index in [4.69, 9.17) is 9.47 Å². The van der Waals surface area contributed by atoms with Gasteiger partial charge in [-0.1, -0.05) is 6.92 Å². The van der Waals surface area contributed by atoms with E-state index >= 15 is 0 Å². The number of rotatable bonds is 9. The fraction of sp³-hybridized carbons (Fsp3) is 0.435. The van der Waals surface area contributed by atoms with Gasteiger partial charge in [0.2, 0.25) is 0 Å². The van der Waals surface area contributed by atoms with Crippen LogP contribution in [0.4, 0.5) is 4.39 Å². The summed E-state index contributed by atoms with van der Waals surface area (Å²) in [5, 5.41) is 12.6. The Kier molecular flexibility index (Phi) is 9.42. The lowest BCUT2D eigenvalue weighted by Gasteiger charge is -2.25. The van der Waals surface area contributed by atoms with E-state index in [2.05, 4.69) is 17.0 Å². The van der Waals surface area contributed by atoms with E-state index in [1.807, 2.05) is 6.92 Å². The molecule has 0 bridgehead atoms. The monoisotopic (exact) mass is 434 g/mol. The molecule has 0 aliphatic heterocycles. The van der Waals surface area contributed by atoms with Crippen LogP contribution in [-0.4, -0.2) is 43.0 Å². The second kappa shape index (κ2) is 11.3. The van der Waals surface area contributed by atoms with E-state index in [0.717, 1.165) is 16.7 Å². The molecule has 8 heteroatoms. The normalized spacial score (nSPS) is 15.3. The molecule has 0 saturated carbocycles. The van der Waals surface area contributed by atoms with Crippen LogP contribution < -0.4 is 5.32 Å². The van der Waals surface area contributed by atoms with Crippen molar-refractivity contribution in [3.8, 4) is 0 Å². The van der Waals surface area contributed by atoms with Gasteiger partial charge in [-0.25, -0.2) is 9.18 Å². The van der Waals surface area contributed by atoms with Crippen molar-refractivity contribution in [2.24, 2.45) is 4.99 Å². The molecule has 2 N–H and O–H groups in total. The van der Waals surface area contributed by atoms with Gasteiger partial charge in [-0.3, -0.25) is 9.79 Å². The number of carbonyl (C=O) groups is 2. The third-order valence-corrected chi connectivity index (χ3v) is 5.03. The van der Waals surface area contributed by atoms with Gasteiger partial charge in [0.25, 0.3) is 5.91 Å². The van der Waals surface area contributed by atoms with E-state index < -0.39 is 29.8 Å². The third kappa shape index (κ3) is 6.41. The van der Waals surface area contributed by atoms with Gasteiger partial charge >= 0.3 is 5.97 Å². The second-order valence-corrected chi connectivity index (χ2v) is 7.29. The van der Waals surface area contributed by atoms with Gasteiger partial charge in [-0.15, -0.1) is 0 Å². The minimum atomic E-state index is -1.02. The summed E-state index contributed by atoms with van der Waals surface area (Å²) in [5.74, 6) is -2.43. The number of carbonyl (C=O) groups excluding carboxylic acids is 2. The van der Waals surface area contributed by atoms with Gasteiger partial charge in [-0.2, -0.15) is 0 Å². The Morgan fingerprint density at radius 2 is 1.77 bits per heavy atom. The van der Waals surface area contributed by atoms with Gasteiger partial charge < -0.3 is 19.9 Å². The van der Waals surface area contributed by atoms with E-state index in [9.17, 15) is 19.1 Å². The molecule has 1 amide bonds. The molecule has 7 nitrogen and oxygen atoms in total. The van der Waals surface area contributed by atoms with Crippen LogP contribution in [0.3, 0.4) is 0 Å². The fourth-order valence-electron chi connectivity index (χ4n) is 3.31. The molecule has 1 aromatic rings. The molecule has 31 heavy (non-hydrogen) atoms. The Labute approximate surface area is 182 Å². The summed E-state index contributed by atoms with van der Waals surface area (Å²) in [6.45, 7) is 13.6. The van der Waals surface area contributed by atoms with Crippen molar-refractivity contribution in [2.45, 2.75) is 59.6 Å². The number of amides is 1. The number of esters is 1. The maximum Gasteiger partial charge on any atom is 0.328 e. The maximum absolute atomic E-state index is 13.6. The molecule has 0 fully saturated rings. The first-order valence-corrected chi connectivity index (χ1v) is 9.87. The Balaban J connectivity index is 2.91. The zero-order valence-electron chi connectivity index (χ0n) is 19.1. The minimum Gasteiger partial charge on any atom is -0.503 e. The topological polar surface area (TPSA) is 97.2 Å². The molecular weight excluding hydrogens is 403 g/mol. The largest absolute Gasteiger partial charge is 0.503 e. The molecule has 0 radical (unpaired) electrons. The zero-order chi connectivity index (χ0) is 23.9. The summed E-state index contributed by atoms with van der Waals surface area (Å²) in [6, 6.07) is 1.87. The van der Waals surface area contributed by atoms with Crippen molar-refractivity contribution in [1.82, 2.24) is 5.32 Å². The first-order valence-electron chi connectivity index (χ1n) is 9.87. The molecule has 0 aliphatic carbocycles. The van der Waals surface area contributed by atoms with Crippen molar-refractivity contribution >= 4 is 18.6 Å². The van der Waals surface area contributed by atoms with Crippen LogP contribution >= 0.6 is 0 Å². The molecule has 0 unspecified atom stereocenters. The number of aryl methyl sites for hydroxylation is 2. The SMILES string of the molecule is C=N/C(C(=O)N[C@@H](C)C(=O)O[C@@H](C)[C@@H](C)c1c(C)cc(F)cc1C)=C(O)\C(=C/C)OC. The highest BCUT2D eigenvalue weighted by molar-refractivity contribution is 5.97. The highest BCUT2D eigenvalue weighted by Gasteiger charge is 2.27. The quantitative estimate of drug-likeness (QED) is 0.201. The lowest BCUT2D eigenvalue weighted by molar-refractivity contribution is -0.152. The lowest BCUT2D eigenvalue weighted by Crippen LogP contribution is -2.42. The van der Waals surface area contributed by atoms with Crippen LogP contribution in [0.15, 0.2) is 40.4 Å². The average molecular weight is 435 g/mol. The number of halogens is 1. The summed E-state index contributed by atoms with van der Waals surface area (Å²) in [7, 11) is 1.33. The molecule has 0 aromatic heterocycles. The number of nitrogens with one attached hydrogen (secondary N) is 1. The van der Waals surface area contributed by atoms with Crippen LogP contribution in [0, 0.1) is 19.7 Å². The Morgan fingerprint density at radius 1 is 1.23 bits per heavy atom. The van der Waals surface area contributed by atoms with Crippen LogP contribution in [-0.2, 0) is 19.1 Å². The molecule has 0 aliphatic rings. The summed E-state index contributed by atoms with van der Waals surface area (Å²) >= 11 is 0. The van der Waals surface area contributed by atoms with Crippen molar-refractivity contribution < 1.29 is 28.6 Å². The number of allylic oxidation sites excluding steroid dienone is 1. The maximum atomic E-state index is 13.6. The summed E-state index contributed by atoms with van der Waals surface area (Å²) in [6.07, 6.45) is 0.923. The predicted molar refractivity (Wildman–Crippen MR) is 117 cm³/mol. The predicted octanol–water partition coefficient (Wildman–Crippen LogP) is 4.00. The highest BCUT2D eigenvalue weighted by Crippen LogP contribution is 2.28. The van der Waals surface area contributed by atoms with Gasteiger partial charge in [-0.05, 0) is 76.2 Å². The molecule has 170 valence electrons. The molecule has 0 spiro atoms. The van der Waals surface area contributed by atoms with Gasteiger partial charge in [0, 0.05) is 5.92 Å². The number of hydrogen-bond donors (Lipinski definition) is 2. The number of benzene rings is 1. The number of aliphatic imine (C=N–C) groups is 1. The molecular formula is C23H31FN2O5. The molecule has 0 saturated heterocycles. The van der Waals surface area contributed by atoms with Crippen LogP contribution in [0.2, 0.25) is 0 Å². The first kappa shape index (κ1) is 25.9. The summed E-state index contributed by atoms with van der Waals surface area (Å²) in [4.78, 5) is 28.5. The minimum absolute atomic E-state index is 0.0419. The zero-order valence-corrected chi connectivity index (χ0v) is 19.1. The molecule has 1 rings (SSSR count). The van der Waals surface area contributed by atoms with E-state index in [1.54, 1.807) is 27.7 Å². The third-order valence-electron chi connectivity index (χ3n) is 5.03. The number of nitrogens with zero attached hydrogens (tertiary/aromatic N) is 1. The summed E-state index contributed by atoms with van der Waals surface area (Å²) < 4.78 is 24.1. The number of ether oxygens (including phenoxy) is 2. The fourth-order valence-corrected chi connectivity index (χ4v) is 3.31. The molecule has 0 heterocycles. The van der Waals surface area contributed by atoms with Crippen molar-refractivity contribution in [1.29, 1.82) is 0 Å². The Morgan fingerprint density at radius 3 is 2.23 bits per heavy atom. The van der Waals surface area contributed by atoms with E-state index in [0.29, 0.717) is 0 Å². The van der Waals surface area contributed by atoms with Gasteiger partial charge in [0.1, 0.15) is 18.0 Å². The standard InChI is InChI=1S/C23H31FN2O5/c1-9-18(30-8)21(27)20(25-7)22(28)26-15(5)23(29)31-16(6)14(4)19-12(2)10-17(24)11-13(19)3/h9-11,14-16,27H,7H2,1-6,8H3,(H,26,28)/b18-9+,21-20+/t14-,15+,16+/m1/s1. The van der Waals surface area contributed by atoms with E-state index in [-0.39, 0.29) is 23.2 Å². The Bertz CT molecular complexity index is 884. The smallest absolute Gasteiger partial charge is 0.328 e. The first-order chi connectivity index (χ1) is 14.5. The van der Waals surface area contributed by atoms with E-state index in [1.165, 1.54) is 32.2 Å². The number of methoxy groups -OCH3 is 1. The van der Waals surface area contributed by atoms with Gasteiger partial charge in [0.15, 0.2) is 17.2 Å². The lowest BCUT2D eigenvalue weighted by atomic mass is 9.88. The van der Waals surface area contributed by atoms with Crippen LogP contribution in [0.1, 0.15) is 50.3 Å². The Hall–Kier alpha value is -3.16. The summed E-state index contributed by atoms with van der Waals surface area (Å²) in [5.41, 5.74) is 2.07. The number of aliphatic hydroxyl groups excluding tert-OH is 1. The van der Waals surface area contributed by atoms with Gasteiger partial charge in [0.05, 0.1) is 7.11 Å². The van der Waals surface area contributed by atoms with Crippen LogP contribution in [0.5, 0.6) is 0 Å². The van der Waals surface area contributed by atoms with Crippen molar-refractivity contribution in [2.75, 3.05) is 7.11 Å². The second-order valence-electron chi connectivity index (χ2n) is 7.29. The number of aliphatic hydroxyl groups is 1. The molecule has 1 aromatic carbocycles. The number of hydrogen-bond acceptors (Lipinski definition) is 6.